The minimum Gasteiger partial charge on any atom is -0.479 e. The maximum Gasteiger partial charge on any atom is 0.335 e. The van der Waals surface area contributed by atoms with Gasteiger partial charge in [0.1, 0.15) is 18.3 Å². The molecule has 0 bridgehead atoms. The van der Waals surface area contributed by atoms with Crippen LogP contribution in [0.4, 0.5) is 0 Å². The molecule has 0 aromatic rings. The standard InChI is InChI=1S/C7H12O7.C2H6/c1-13-5-3(9)2(8)4(6(10)11)14-7(5)12;1-2/h2-5,7-9,12H,1H3,(H,10,11);1-2H3. The van der Waals surface area contributed by atoms with E-state index in [1.54, 1.807) is 0 Å². The summed E-state index contributed by atoms with van der Waals surface area (Å²) >= 11 is 0. The van der Waals surface area contributed by atoms with Gasteiger partial charge in [-0.05, 0) is 0 Å². The third kappa shape index (κ3) is 3.13. The normalized spacial score (nSPS) is 38.5. The first-order valence-corrected chi connectivity index (χ1v) is 4.94. The maximum absolute atomic E-state index is 10.5. The molecule has 0 amide bonds. The van der Waals surface area contributed by atoms with E-state index in [0.29, 0.717) is 0 Å². The van der Waals surface area contributed by atoms with Crippen molar-refractivity contribution in [2.24, 2.45) is 0 Å². The van der Waals surface area contributed by atoms with E-state index in [2.05, 4.69) is 9.47 Å². The van der Waals surface area contributed by atoms with Gasteiger partial charge in [0.2, 0.25) is 0 Å². The Morgan fingerprint density at radius 1 is 1.19 bits per heavy atom. The van der Waals surface area contributed by atoms with Crippen molar-refractivity contribution in [3.8, 4) is 0 Å². The molecule has 1 fully saturated rings. The highest BCUT2D eigenvalue weighted by molar-refractivity contribution is 5.73. The van der Waals surface area contributed by atoms with Gasteiger partial charge in [-0.3, -0.25) is 0 Å². The fourth-order valence-corrected chi connectivity index (χ4v) is 1.31. The number of rotatable bonds is 2. The van der Waals surface area contributed by atoms with Crippen LogP contribution in [0.2, 0.25) is 0 Å². The molecule has 0 aromatic carbocycles. The summed E-state index contributed by atoms with van der Waals surface area (Å²) < 4.78 is 9.19. The van der Waals surface area contributed by atoms with E-state index in [4.69, 9.17) is 5.11 Å². The van der Waals surface area contributed by atoms with Gasteiger partial charge in [0.05, 0.1) is 0 Å². The fraction of sp³-hybridized carbons (Fsp3) is 0.889. The van der Waals surface area contributed by atoms with Crippen LogP contribution in [-0.4, -0.2) is 64.2 Å². The molecule has 1 saturated heterocycles. The summed E-state index contributed by atoms with van der Waals surface area (Å²) in [6.07, 6.45) is -7.49. The van der Waals surface area contributed by atoms with Crippen molar-refractivity contribution in [3.05, 3.63) is 0 Å². The number of carbonyl (C=O) groups is 1. The average molecular weight is 238 g/mol. The van der Waals surface area contributed by atoms with Crippen LogP contribution in [0.15, 0.2) is 0 Å². The van der Waals surface area contributed by atoms with E-state index >= 15 is 0 Å². The van der Waals surface area contributed by atoms with Crippen LogP contribution < -0.4 is 0 Å². The average Bonchev–Trinajstić information content (AvgIpc) is 2.26. The second-order valence-corrected chi connectivity index (χ2v) is 2.97. The van der Waals surface area contributed by atoms with Crippen LogP contribution >= 0.6 is 0 Å². The molecule has 0 aromatic heterocycles. The SMILES string of the molecule is CC.COC1C(O)OC(C(=O)O)C(O)C1O. The van der Waals surface area contributed by atoms with Gasteiger partial charge in [-0.15, -0.1) is 0 Å². The number of hydrogen-bond donors (Lipinski definition) is 4. The number of aliphatic hydroxyl groups excluding tert-OH is 3. The second-order valence-electron chi connectivity index (χ2n) is 2.97. The number of ether oxygens (including phenoxy) is 2. The Kier molecular flexibility index (Phi) is 6.46. The lowest BCUT2D eigenvalue weighted by molar-refractivity contribution is -0.284. The summed E-state index contributed by atoms with van der Waals surface area (Å²) in [5, 5.41) is 36.4. The van der Waals surface area contributed by atoms with Crippen LogP contribution in [0.25, 0.3) is 0 Å². The lowest BCUT2D eigenvalue weighted by atomic mass is 9.99. The lowest BCUT2D eigenvalue weighted by Crippen LogP contribution is -2.60. The number of carboxylic acid groups (broad SMARTS) is 1. The molecule has 0 radical (unpaired) electrons. The van der Waals surface area contributed by atoms with E-state index in [1.165, 1.54) is 7.11 Å². The van der Waals surface area contributed by atoms with Crippen molar-refractivity contribution in [1.29, 1.82) is 0 Å². The topological polar surface area (TPSA) is 116 Å². The molecule has 96 valence electrons. The quantitative estimate of drug-likeness (QED) is 0.465. The first-order chi connectivity index (χ1) is 7.49. The smallest absolute Gasteiger partial charge is 0.335 e. The predicted molar refractivity (Wildman–Crippen MR) is 52.7 cm³/mol. The molecule has 1 heterocycles. The molecule has 5 unspecified atom stereocenters. The van der Waals surface area contributed by atoms with Crippen LogP contribution in [0.1, 0.15) is 13.8 Å². The molecular weight excluding hydrogens is 220 g/mol. The molecular formula is C9H18O7. The number of aliphatic hydroxyl groups is 3. The molecule has 1 aliphatic rings. The fourth-order valence-electron chi connectivity index (χ4n) is 1.31. The second kappa shape index (κ2) is 6.77. The summed E-state index contributed by atoms with van der Waals surface area (Å²) in [6.45, 7) is 4.00. The Morgan fingerprint density at radius 2 is 1.69 bits per heavy atom. The summed E-state index contributed by atoms with van der Waals surface area (Å²) in [5.74, 6) is -1.45. The van der Waals surface area contributed by atoms with E-state index in [0.717, 1.165) is 0 Å². The zero-order valence-corrected chi connectivity index (χ0v) is 9.40. The molecule has 1 aliphatic heterocycles. The van der Waals surface area contributed by atoms with Crippen LogP contribution in [0.3, 0.4) is 0 Å². The number of methoxy groups -OCH3 is 1. The minimum absolute atomic E-state index is 1.15. The first kappa shape index (κ1) is 15.3. The lowest BCUT2D eigenvalue weighted by Gasteiger charge is -2.37. The Hall–Kier alpha value is -0.730. The van der Waals surface area contributed by atoms with E-state index in [-0.39, 0.29) is 0 Å². The van der Waals surface area contributed by atoms with E-state index < -0.39 is 36.7 Å². The Morgan fingerprint density at radius 3 is 2.06 bits per heavy atom. The van der Waals surface area contributed by atoms with Gasteiger partial charge in [0.15, 0.2) is 12.4 Å². The Bertz CT molecular complexity index is 220. The minimum atomic E-state index is -1.65. The largest absolute Gasteiger partial charge is 0.479 e. The molecule has 0 spiro atoms. The van der Waals surface area contributed by atoms with Crippen molar-refractivity contribution >= 4 is 5.97 Å². The van der Waals surface area contributed by atoms with Gasteiger partial charge in [-0.25, -0.2) is 4.79 Å². The van der Waals surface area contributed by atoms with Crippen molar-refractivity contribution in [2.45, 2.75) is 44.6 Å². The van der Waals surface area contributed by atoms with Crippen molar-refractivity contribution in [2.75, 3.05) is 7.11 Å². The highest BCUT2D eigenvalue weighted by Crippen LogP contribution is 2.21. The maximum atomic E-state index is 10.5. The molecule has 0 aliphatic carbocycles. The van der Waals surface area contributed by atoms with Crippen LogP contribution in [-0.2, 0) is 14.3 Å². The summed E-state index contributed by atoms with van der Waals surface area (Å²) in [6, 6.07) is 0. The number of hydrogen-bond acceptors (Lipinski definition) is 6. The van der Waals surface area contributed by atoms with Gasteiger partial charge in [0.25, 0.3) is 0 Å². The van der Waals surface area contributed by atoms with Crippen LogP contribution in [0, 0.1) is 0 Å². The van der Waals surface area contributed by atoms with Crippen molar-refractivity contribution in [1.82, 2.24) is 0 Å². The molecule has 7 heteroatoms. The van der Waals surface area contributed by atoms with Gasteiger partial charge >= 0.3 is 5.97 Å². The van der Waals surface area contributed by atoms with Gasteiger partial charge in [0, 0.05) is 7.11 Å². The molecule has 4 N–H and O–H groups in total. The molecule has 0 saturated carbocycles. The van der Waals surface area contributed by atoms with E-state index in [1.807, 2.05) is 13.8 Å². The van der Waals surface area contributed by atoms with Gasteiger partial charge < -0.3 is 29.9 Å². The zero-order valence-electron chi connectivity index (χ0n) is 9.40. The van der Waals surface area contributed by atoms with Crippen LogP contribution in [0.5, 0.6) is 0 Å². The molecule has 7 nitrogen and oxygen atoms in total. The number of aliphatic carboxylic acids is 1. The van der Waals surface area contributed by atoms with Gasteiger partial charge in [-0.2, -0.15) is 0 Å². The molecule has 5 atom stereocenters. The van der Waals surface area contributed by atoms with Crippen molar-refractivity contribution in [3.63, 3.8) is 0 Å². The first-order valence-electron chi connectivity index (χ1n) is 4.94. The Balaban J connectivity index is 0.00000106. The van der Waals surface area contributed by atoms with E-state index in [9.17, 15) is 20.1 Å². The third-order valence-electron chi connectivity index (χ3n) is 2.08. The van der Waals surface area contributed by atoms with Gasteiger partial charge in [-0.1, -0.05) is 13.8 Å². The summed E-state index contributed by atoms with van der Waals surface area (Å²) in [4.78, 5) is 10.5. The third-order valence-corrected chi connectivity index (χ3v) is 2.08. The monoisotopic (exact) mass is 238 g/mol. The van der Waals surface area contributed by atoms with Crippen molar-refractivity contribution < 1.29 is 34.7 Å². The summed E-state index contributed by atoms with van der Waals surface area (Å²) in [5.41, 5.74) is 0. The zero-order chi connectivity index (χ0) is 12.9. The number of carboxylic acids is 1. The molecule has 16 heavy (non-hydrogen) atoms. The molecule has 1 rings (SSSR count). The predicted octanol–water partition coefficient (Wildman–Crippen LogP) is -1.45. The summed E-state index contributed by atoms with van der Waals surface area (Å²) in [7, 11) is 1.20. The highest BCUT2D eigenvalue weighted by Gasteiger charge is 2.47. The Labute approximate surface area is 93.2 Å². The highest BCUT2D eigenvalue weighted by atomic mass is 16.7.